The summed E-state index contributed by atoms with van der Waals surface area (Å²) in [6, 6.07) is 0.120. The molecule has 1 aromatic heterocycles. The molecule has 1 heterocycles. The lowest BCUT2D eigenvalue weighted by molar-refractivity contribution is 0.0940. The number of H-pyrrole nitrogens is 1. The summed E-state index contributed by atoms with van der Waals surface area (Å²) in [5, 5.41) is 9.18. The van der Waals surface area contributed by atoms with E-state index in [-0.39, 0.29) is 16.6 Å². The maximum atomic E-state index is 12.1. The lowest BCUT2D eigenvalue weighted by Gasteiger charge is -2.04. The van der Waals surface area contributed by atoms with Gasteiger partial charge in [-0.3, -0.25) is 9.89 Å². The van der Waals surface area contributed by atoms with Gasteiger partial charge in [0.1, 0.15) is 4.90 Å². The number of aromatic amines is 1. The molecule has 1 amide bonds. The minimum absolute atomic E-state index is 0.120. The average Bonchev–Trinajstić information content (AvgIpc) is 2.93. The number of amides is 1. The standard InChI is InChI=1S/C12H18ClN3O3S/c1-3-5-7-6-9(7)14-12(17)10-11(20(13,18)19)8(4-2)15-16-10/h7,9H,3-6H2,1-2H3,(H,14,17)(H,15,16). The molecule has 0 spiro atoms. The van der Waals surface area contributed by atoms with E-state index in [1.807, 2.05) is 0 Å². The normalized spacial score (nSPS) is 21.8. The summed E-state index contributed by atoms with van der Waals surface area (Å²) in [4.78, 5) is 11.9. The zero-order valence-electron chi connectivity index (χ0n) is 11.4. The second-order valence-electron chi connectivity index (χ2n) is 5.04. The van der Waals surface area contributed by atoms with E-state index in [0.717, 1.165) is 19.3 Å². The molecule has 2 N–H and O–H groups in total. The minimum Gasteiger partial charge on any atom is -0.348 e. The summed E-state index contributed by atoms with van der Waals surface area (Å²) < 4.78 is 23.2. The topological polar surface area (TPSA) is 91.9 Å². The van der Waals surface area contributed by atoms with Crippen molar-refractivity contribution in [2.45, 2.75) is 50.5 Å². The molecule has 112 valence electrons. The Bertz CT molecular complexity index is 611. The van der Waals surface area contributed by atoms with Crippen LogP contribution in [-0.4, -0.2) is 30.6 Å². The van der Waals surface area contributed by atoms with Crippen LogP contribution in [0, 0.1) is 5.92 Å². The van der Waals surface area contributed by atoms with Crippen molar-refractivity contribution in [3.63, 3.8) is 0 Å². The minimum atomic E-state index is -4.00. The Hall–Kier alpha value is -1.08. The summed E-state index contributed by atoms with van der Waals surface area (Å²) in [7, 11) is 1.40. The number of hydrogen-bond acceptors (Lipinski definition) is 4. The van der Waals surface area contributed by atoms with E-state index in [9.17, 15) is 13.2 Å². The second-order valence-corrected chi connectivity index (χ2v) is 7.54. The van der Waals surface area contributed by atoms with Gasteiger partial charge in [0.15, 0.2) is 5.69 Å². The predicted molar refractivity (Wildman–Crippen MR) is 75.3 cm³/mol. The summed E-state index contributed by atoms with van der Waals surface area (Å²) in [6.07, 6.45) is 3.48. The Morgan fingerprint density at radius 3 is 2.75 bits per heavy atom. The molecule has 8 heteroatoms. The quantitative estimate of drug-likeness (QED) is 0.782. The monoisotopic (exact) mass is 319 g/mol. The molecule has 6 nitrogen and oxygen atoms in total. The molecule has 0 saturated heterocycles. The third-order valence-electron chi connectivity index (χ3n) is 3.50. The molecule has 2 rings (SSSR count). The van der Waals surface area contributed by atoms with Crippen molar-refractivity contribution >= 4 is 25.6 Å². The van der Waals surface area contributed by atoms with Crippen LogP contribution in [0.25, 0.3) is 0 Å². The predicted octanol–water partition coefficient (Wildman–Crippen LogP) is 1.82. The molecule has 0 aromatic carbocycles. The highest BCUT2D eigenvalue weighted by Crippen LogP contribution is 2.35. The number of hydrogen-bond donors (Lipinski definition) is 2. The van der Waals surface area contributed by atoms with Gasteiger partial charge in [-0.05, 0) is 25.2 Å². The molecule has 1 aliphatic carbocycles. The number of halogens is 1. The molecule has 1 aromatic rings. The number of carbonyl (C=O) groups excluding carboxylic acids is 1. The van der Waals surface area contributed by atoms with Crippen LogP contribution in [0.15, 0.2) is 4.90 Å². The molecule has 1 fully saturated rings. The SMILES string of the molecule is CCCC1CC1NC(=O)c1n[nH]c(CC)c1S(=O)(=O)Cl. The molecule has 0 aliphatic heterocycles. The molecular formula is C12H18ClN3O3S. The van der Waals surface area contributed by atoms with Crippen molar-refractivity contribution in [3.8, 4) is 0 Å². The lowest BCUT2D eigenvalue weighted by Crippen LogP contribution is -2.28. The van der Waals surface area contributed by atoms with Crippen molar-refractivity contribution in [2.75, 3.05) is 0 Å². The van der Waals surface area contributed by atoms with Crippen LogP contribution in [-0.2, 0) is 15.5 Å². The zero-order valence-corrected chi connectivity index (χ0v) is 13.0. The van der Waals surface area contributed by atoms with E-state index in [0.29, 0.717) is 18.0 Å². The molecule has 1 aliphatic rings. The van der Waals surface area contributed by atoms with E-state index in [4.69, 9.17) is 10.7 Å². The van der Waals surface area contributed by atoms with Gasteiger partial charge in [0.05, 0.1) is 5.69 Å². The van der Waals surface area contributed by atoms with Crippen LogP contribution in [0.4, 0.5) is 0 Å². The Balaban J connectivity index is 2.17. The van der Waals surface area contributed by atoms with Gasteiger partial charge >= 0.3 is 0 Å². The summed E-state index contributed by atoms with van der Waals surface area (Å²) in [5.41, 5.74) is 0.213. The van der Waals surface area contributed by atoms with Gasteiger partial charge in [-0.25, -0.2) is 8.42 Å². The van der Waals surface area contributed by atoms with Gasteiger partial charge in [0, 0.05) is 16.7 Å². The van der Waals surface area contributed by atoms with E-state index >= 15 is 0 Å². The summed E-state index contributed by atoms with van der Waals surface area (Å²) in [6.45, 7) is 3.86. The maximum absolute atomic E-state index is 12.1. The Morgan fingerprint density at radius 2 is 2.20 bits per heavy atom. The van der Waals surface area contributed by atoms with Gasteiger partial charge in [-0.2, -0.15) is 5.10 Å². The van der Waals surface area contributed by atoms with Crippen molar-refractivity contribution in [3.05, 3.63) is 11.4 Å². The fourth-order valence-electron chi connectivity index (χ4n) is 2.37. The van der Waals surface area contributed by atoms with Crippen LogP contribution in [0.1, 0.15) is 49.3 Å². The smallest absolute Gasteiger partial charge is 0.273 e. The van der Waals surface area contributed by atoms with E-state index < -0.39 is 15.0 Å². The van der Waals surface area contributed by atoms with E-state index in [1.165, 1.54) is 0 Å². The fraction of sp³-hybridized carbons (Fsp3) is 0.667. The number of aryl methyl sites for hydroxylation is 1. The van der Waals surface area contributed by atoms with Crippen molar-refractivity contribution in [1.29, 1.82) is 0 Å². The first-order valence-corrected chi connectivity index (χ1v) is 9.02. The van der Waals surface area contributed by atoms with E-state index in [1.54, 1.807) is 6.92 Å². The summed E-state index contributed by atoms with van der Waals surface area (Å²) in [5.74, 6) is 0.00775. The van der Waals surface area contributed by atoms with Crippen LogP contribution in [0.3, 0.4) is 0 Å². The number of rotatable bonds is 6. The van der Waals surface area contributed by atoms with Gasteiger partial charge in [0.25, 0.3) is 15.0 Å². The van der Waals surface area contributed by atoms with Crippen LogP contribution < -0.4 is 5.32 Å². The number of aromatic nitrogens is 2. The van der Waals surface area contributed by atoms with E-state index in [2.05, 4.69) is 22.4 Å². The van der Waals surface area contributed by atoms with Gasteiger partial charge in [0.2, 0.25) is 0 Å². The maximum Gasteiger partial charge on any atom is 0.273 e. The molecule has 0 bridgehead atoms. The first-order valence-electron chi connectivity index (χ1n) is 6.71. The first kappa shape index (κ1) is 15.3. The average molecular weight is 320 g/mol. The molecular weight excluding hydrogens is 302 g/mol. The highest BCUT2D eigenvalue weighted by atomic mass is 35.7. The number of nitrogens with one attached hydrogen (secondary N) is 2. The highest BCUT2D eigenvalue weighted by molar-refractivity contribution is 8.13. The van der Waals surface area contributed by atoms with Crippen LogP contribution >= 0.6 is 10.7 Å². The van der Waals surface area contributed by atoms with Crippen LogP contribution in [0.5, 0.6) is 0 Å². The van der Waals surface area contributed by atoms with Crippen molar-refractivity contribution in [1.82, 2.24) is 15.5 Å². The molecule has 1 saturated carbocycles. The molecule has 2 atom stereocenters. The van der Waals surface area contributed by atoms with Gasteiger partial charge in [-0.15, -0.1) is 0 Å². The molecule has 20 heavy (non-hydrogen) atoms. The third-order valence-corrected chi connectivity index (χ3v) is 4.89. The lowest BCUT2D eigenvalue weighted by atomic mass is 10.2. The Labute approximate surface area is 122 Å². The molecule has 0 radical (unpaired) electrons. The summed E-state index contributed by atoms with van der Waals surface area (Å²) >= 11 is 0. The highest BCUT2D eigenvalue weighted by Gasteiger charge is 2.39. The Kier molecular flexibility index (Phi) is 4.39. The van der Waals surface area contributed by atoms with Crippen molar-refractivity contribution < 1.29 is 13.2 Å². The zero-order chi connectivity index (χ0) is 14.9. The van der Waals surface area contributed by atoms with Crippen LogP contribution in [0.2, 0.25) is 0 Å². The van der Waals surface area contributed by atoms with Crippen molar-refractivity contribution in [2.24, 2.45) is 5.92 Å². The third kappa shape index (κ3) is 3.15. The largest absolute Gasteiger partial charge is 0.348 e. The number of nitrogens with zero attached hydrogens (tertiary/aromatic N) is 1. The second kappa shape index (κ2) is 5.73. The van der Waals surface area contributed by atoms with Gasteiger partial charge in [-0.1, -0.05) is 20.3 Å². The molecule has 2 unspecified atom stereocenters. The number of carbonyl (C=O) groups is 1. The first-order chi connectivity index (χ1) is 9.38. The van der Waals surface area contributed by atoms with Gasteiger partial charge < -0.3 is 5.32 Å². The Morgan fingerprint density at radius 1 is 1.50 bits per heavy atom. The fourth-order valence-corrected chi connectivity index (χ4v) is 3.73.